The molecule has 1 rings (SSSR count). The molecule has 15 heavy (non-hydrogen) atoms. The SMILES string of the molecule is C=C(C)C[Se]c1ccc(C(=O)NC)cc1. The van der Waals surface area contributed by atoms with Gasteiger partial charge in [-0.1, -0.05) is 0 Å². The first-order valence-corrected chi connectivity index (χ1v) is 6.79. The summed E-state index contributed by atoms with van der Waals surface area (Å²) in [6.45, 7) is 5.92. The van der Waals surface area contributed by atoms with Crippen molar-refractivity contribution in [2.75, 3.05) is 7.05 Å². The normalized spacial score (nSPS) is 9.73. The average Bonchev–Trinajstić information content (AvgIpc) is 2.26. The van der Waals surface area contributed by atoms with Crippen molar-refractivity contribution >= 4 is 25.3 Å². The molecule has 1 N–H and O–H groups in total. The van der Waals surface area contributed by atoms with Crippen LogP contribution in [0.5, 0.6) is 0 Å². The summed E-state index contributed by atoms with van der Waals surface area (Å²) in [7, 11) is 1.64. The van der Waals surface area contributed by atoms with Crippen LogP contribution in [0.1, 0.15) is 17.3 Å². The molecule has 0 bridgehead atoms. The zero-order valence-corrected chi connectivity index (χ0v) is 10.8. The molecule has 3 heteroatoms. The van der Waals surface area contributed by atoms with Crippen LogP contribution in [0.2, 0.25) is 5.32 Å². The number of amides is 1. The Hall–Kier alpha value is -1.05. The predicted molar refractivity (Wildman–Crippen MR) is 64.8 cm³/mol. The third kappa shape index (κ3) is 3.90. The van der Waals surface area contributed by atoms with E-state index < -0.39 is 0 Å². The molecule has 1 aromatic rings. The Labute approximate surface area is 96.9 Å². The van der Waals surface area contributed by atoms with E-state index in [4.69, 9.17) is 0 Å². The van der Waals surface area contributed by atoms with E-state index in [1.54, 1.807) is 7.05 Å². The molecule has 0 atom stereocenters. The predicted octanol–water partition coefficient (Wildman–Crippen LogP) is 1.37. The summed E-state index contributed by atoms with van der Waals surface area (Å²) in [5.74, 6) is -0.0334. The Morgan fingerprint density at radius 1 is 1.40 bits per heavy atom. The second kappa shape index (κ2) is 5.74. The Balaban J connectivity index is 2.64. The molecule has 0 aliphatic carbocycles. The fraction of sp³-hybridized carbons (Fsp3) is 0.250. The van der Waals surface area contributed by atoms with Crippen LogP contribution in [0, 0.1) is 0 Å². The van der Waals surface area contributed by atoms with Crippen LogP contribution in [0.4, 0.5) is 0 Å². The zero-order valence-electron chi connectivity index (χ0n) is 9.04. The van der Waals surface area contributed by atoms with Gasteiger partial charge in [0.1, 0.15) is 0 Å². The molecule has 80 valence electrons. The summed E-state index contributed by atoms with van der Waals surface area (Å²) >= 11 is 0.438. The van der Waals surface area contributed by atoms with Crippen LogP contribution in [0.25, 0.3) is 0 Å². The summed E-state index contributed by atoms with van der Waals surface area (Å²) < 4.78 is 1.30. The molecule has 0 radical (unpaired) electrons. The molecule has 0 unspecified atom stereocenters. The van der Waals surface area contributed by atoms with Gasteiger partial charge in [-0.05, 0) is 0 Å². The van der Waals surface area contributed by atoms with Gasteiger partial charge in [0.25, 0.3) is 0 Å². The third-order valence-corrected chi connectivity index (χ3v) is 4.44. The van der Waals surface area contributed by atoms with Gasteiger partial charge < -0.3 is 0 Å². The van der Waals surface area contributed by atoms with E-state index in [9.17, 15) is 4.79 Å². The molecule has 0 fully saturated rings. The van der Waals surface area contributed by atoms with E-state index in [0.717, 1.165) is 5.32 Å². The van der Waals surface area contributed by atoms with Gasteiger partial charge in [0.2, 0.25) is 0 Å². The van der Waals surface area contributed by atoms with Gasteiger partial charge in [-0.25, -0.2) is 0 Å². The van der Waals surface area contributed by atoms with Crippen molar-refractivity contribution in [3.8, 4) is 0 Å². The van der Waals surface area contributed by atoms with Crippen LogP contribution < -0.4 is 9.78 Å². The Morgan fingerprint density at radius 3 is 2.47 bits per heavy atom. The molecular formula is C12H15NOSe. The van der Waals surface area contributed by atoms with Gasteiger partial charge in [0, 0.05) is 0 Å². The van der Waals surface area contributed by atoms with Crippen molar-refractivity contribution in [3.63, 3.8) is 0 Å². The minimum absolute atomic E-state index is 0.0334. The molecule has 0 spiro atoms. The number of hydrogen-bond donors (Lipinski definition) is 1. The molecule has 0 heterocycles. The van der Waals surface area contributed by atoms with E-state index in [1.165, 1.54) is 10.0 Å². The molecule has 0 saturated carbocycles. The third-order valence-electron chi connectivity index (χ3n) is 1.83. The number of nitrogens with one attached hydrogen (secondary N) is 1. The Bertz CT molecular complexity index is 356. The second-order valence-corrected chi connectivity index (χ2v) is 5.55. The van der Waals surface area contributed by atoms with Crippen LogP contribution in [0.3, 0.4) is 0 Å². The van der Waals surface area contributed by atoms with Crippen molar-refractivity contribution in [1.82, 2.24) is 5.32 Å². The van der Waals surface area contributed by atoms with E-state index in [2.05, 4.69) is 11.9 Å². The topological polar surface area (TPSA) is 29.1 Å². The van der Waals surface area contributed by atoms with Gasteiger partial charge in [-0.2, -0.15) is 0 Å². The number of allylic oxidation sites excluding steroid dienone is 1. The summed E-state index contributed by atoms with van der Waals surface area (Å²) in [4.78, 5) is 11.3. The van der Waals surface area contributed by atoms with Gasteiger partial charge in [-0.15, -0.1) is 0 Å². The summed E-state index contributed by atoms with van der Waals surface area (Å²) in [5.41, 5.74) is 1.93. The molecule has 0 saturated heterocycles. The van der Waals surface area contributed by atoms with Crippen LogP contribution in [-0.4, -0.2) is 27.9 Å². The van der Waals surface area contributed by atoms with Crippen molar-refractivity contribution in [1.29, 1.82) is 0 Å². The van der Waals surface area contributed by atoms with E-state index in [0.29, 0.717) is 20.5 Å². The summed E-state index contributed by atoms with van der Waals surface area (Å²) in [6, 6.07) is 7.78. The maximum atomic E-state index is 11.3. The monoisotopic (exact) mass is 269 g/mol. The number of carbonyl (C=O) groups excluding carboxylic acids is 1. The van der Waals surface area contributed by atoms with Gasteiger partial charge in [0.05, 0.1) is 0 Å². The minimum atomic E-state index is -0.0334. The molecule has 0 aliphatic heterocycles. The fourth-order valence-corrected chi connectivity index (χ4v) is 2.61. The Kier molecular flexibility index (Phi) is 4.60. The average molecular weight is 268 g/mol. The van der Waals surface area contributed by atoms with Gasteiger partial charge in [-0.3, -0.25) is 0 Å². The van der Waals surface area contributed by atoms with Gasteiger partial charge >= 0.3 is 96.7 Å². The first kappa shape index (κ1) is 12.0. The van der Waals surface area contributed by atoms with Gasteiger partial charge in [0.15, 0.2) is 0 Å². The number of rotatable bonds is 4. The Morgan fingerprint density at radius 2 is 2.00 bits per heavy atom. The zero-order chi connectivity index (χ0) is 11.3. The molecule has 1 amide bonds. The van der Waals surface area contributed by atoms with Crippen LogP contribution in [0.15, 0.2) is 36.4 Å². The second-order valence-electron chi connectivity index (χ2n) is 3.35. The summed E-state index contributed by atoms with van der Waals surface area (Å²) in [5, 5.41) is 3.66. The molecular weight excluding hydrogens is 253 g/mol. The van der Waals surface area contributed by atoms with Crippen LogP contribution >= 0.6 is 0 Å². The first-order chi connectivity index (χ1) is 7.13. The summed E-state index contributed by atoms with van der Waals surface area (Å²) in [6.07, 6.45) is 0. The molecule has 0 aromatic heterocycles. The number of carbonyl (C=O) groups is 1. The van der Waals surface area contributed by atoms with Crippen molar-refractivity contribution in [2.24, 2.45) is 0 Å². The molecule has 0 aliphatic rings. The standard InChI is InChI=1S/C12H15NOSe/c1-9(2)8-15-11-6-4-10(5-7-11)12(14)13-3/h4-7H,1,8H2,2-3H3,(H,13,14). The molecule has 1 aromatic carbocycles. The van der Waals surface area contributed by atoms with E-state index in [-0.39, 0.29) is 5.91 Å². The van der Waals surface area contributed by atoms with Crippen molar-refractivity contribution in [2.45, 2.75) is 12.2 Å². The first-order valence-electron chi connectivity index (χ1n) is 4.73. The maximum absolute atomic E-state index is 11.3. The van der Waals surface area contributed by atoms with E-state index in [1.807, 2.05) is 31.2 Å². The number of hydrogen-bond acceptors (Lipinski definition) is 1. The fourth-order valence-electron chi connectivity index (χ4n) is 1.05. The molecule has 2 nitrogen and oxygen atoms in total. The van der Waals surface area contributed by atoms with E-state index >= 15 is 0 Å². The van der Waals surface area contributed by atoms with Crippen molar-refractivity contribution < 1.29 is 4.79 Å². The quantitative estimate of drug-likeness (QED) is 0.648. The van der Waals surface area contributed by atoms with Crippen LogP contribution in [-0.2, 0) is 0 Å². The number of benzene rings is 1. The van der Waals surface area contributed by atoms with Crippen molar-refractivity contribution in [3.05, 3.63) is 42.0 Å².